The Morgan fingerprint density at radius 1 is 0.333 bits per heavy atom. The Bertz CT molecular complexity index is 1260. The van der Waals surface area contributed by atoms with E-state index in [-0.39, 0.29) is 0 Å². The van der Waals surface area contributed by atoms with Gasteiger partial charge in [0.25, 0.3) is 0 Å². The van der Waals surface area contributed by atoms with Crippen LogP contribution in [0.15, 0.2) is 84.9 Å². The minimum absolute atomic E-state index is 1.34. The van der Waals surface area contributed by atoms with E-state index in [0.717, 1.165) is 0 Å². The molecule has 0 spiro atoms. The van der Waals surface area contributed by atoms with Crippen LogP contribution < -0.4 is 0 Å². The van der Waals surface area contributed by atoms with E-state index < -0.39 is 0 Å². The SMILES string of the molecule is c1ccc2c(c1)-c1ccc3c4ccccc4c4ccccc4c3c1-2. The fourth-order valence-electron chi connectivity index (χ4n) is 4.37. The molecule has 0 bridgehead atoms. The first kappa shape index (κ1) is 12.3. The largest absolute Gasteiger partial charge is 0.0616 e. The van der Waals surface area contributed by atoms with Crippen LogP contribution in [-0.2, 0) is 0 Å². The number of benzene rings is 5. The molecule has 0 unspecified atom stereocenters. The molecule has 0 fully saturated rings. The lowest BCUT2D eigenvalue weighted by Crippen LogP contribution is -2.00. The maximum Gasteiger partial charge on any atom is -0.00139 e. The average Bonchev–Trinajstić information content (AvgIpc) is 2.65. The van der Waals surface area contributed by atoms with Gasteiger partial charge in [-0.25, -0.2) is 0 Å². The van der Waals surface area contributed by atoms with Crippen LogP contribution in [0.25, 0.3) is 54.6 Å². The van der Waals surface area contributed by atoms with E-state index in [1.165, 1.54) is 54.6 Å². The Hall–Kier alpha value is -3.12. The molecule has 6 rings (SSSR count). The zero-order valence-electron chi connectivity index (χ0n) is 13.1. The molecular weight excluding hydrogens is 288 g/mol. The van der Waals surface area contributed by atoms with Gasteiger partial charge in [0.2, 0.25) is 0 Å². The Balaban J connectivity index is 1.94. The van der Waals surface area contributed by atoms with E-state index in [9.17, 15) is 0 Å². The number of hydrogen-bond acceptors (Lipinski definition) is 0. The van der Waals surface area contributed by atoms with Crippen molar-refractivity contribution in [2.75, 3.05) is 0 Å². The van der Waals surface area contributed by atoms with Crippen molar-refractivity contribution in [1.82, 2.24) is 0 Å². The highest BCUT2D eigenvalue weighted by molar-refractivity contribution is 6.31. The van der Waals surface area contributed by atoms with Gasteiger partial charge in [0.1, 0.15) is 0 Å². The van der Waals surface area contributed by atoms with Crippen LogP contribution in [0.4, 0.5) is 0 Å². The zero-order valence-corrected chi connectivity index (χ0v) is 13.1. The van der Waals surface area contributed by atoms with Crippen LogP contribution in [-0.4, -0.2) is 0 Å². The molecule has 0 heteroatoms. The van der Waals surface area contributed by atoms with E-state index in [1.807, 2.05) is 0 Å². The topological polar surface area (TPSA) is 0 Å². The summed E-state index contributed by atoms with van der Waals surface area (Å²) in [7, 11) is 0. The average molecular weight is 302 g/mol. The van der Waals surface area contributed by atoms with Crippen LogP contribution in [0.1, 0.15) is 0 Å². The summed E-state index contributed by atoms with van der Waals surface area (Å²) < 4.78 is 0. The van der Waals surface area contributed by atoms with Crippen molar-refractivity contribution in [1.29, 1.82) is 0 Å². The third-order valence-corrected chi connectivity index (χ3v) is 5.40. The van der Waals surface area contributed by atoms with Crippen LogP contribution >= 0.6 is 0 Å². The highest BCUT2D eigenvalue weighted by atomic mass is 14.3. The van der Waals surface area contributed by atoms with Crippen molar-refractivity contribution in [3.8, 4) is 22.3 Å². The predicted octanol–water partition coefficient (Wildman–Crippen LogP) is 6.79. The summed E-state index contributed by atoms with van der Waals surface area (Å²) in [6.45, 7) is 0. The van der Waals surface area contributed by atoms with E-state index in [0.29, 0.717) is 0 Å². The first-order chi connectivity index (χ1) is 11.9. The second kappa shape index (κ2) is 4.24. The Kier molecular flexibility index (Phi) is 2.18. The molecule has 0 saturated carbocycles. The van der Waals surface area contributed by atoms with Gasteiger partial charge in [0, 0.05) is 0 Å². The van der Waals surface area contributed by atoms with Gasteiger partial charge in [-0.15, -0.1) is 0 Å². The van der Waals surface area contributed by atoms with Gasteiger partial charge in [-0.1, -0.05) is 84.9 Å². The summed E-state index contributed by atoms with van der Waals surface area (Å²) in [5.41, 5.74) is 5.58. The van der Waals surface area contributed by atoms with Crippen molar-refractivity contribution in [3.05, 3.63) is 84.9 Å². The van der Waals surface area contributed by atoms with Gasteiger partial charge < -0.3 is 0 Å². The summed E-state index contributed by atoms with van der Waals surface area (Å²) >= 11 is 0. The first-order valence-corrected chi connectivity index (χ1v) is 8.39. The number of fused-ring (bicyclic) bond motifs is 11. The third kappa shape index (κ3) is 1.35. The van der Waals surface area contributed by atoms with Gasteiger partial charge in [-0.3, -0.25) is 0 Å². The van der Waals surface area contributed by atoms with Crippen molar-refractivity contribution in [2.45, 2.75) is 0 Å². The maximum atomic E-state index is 2.30. The molecule has 1 aliphatic carbocycles. The van der Waals surface area contributed by atoms with Gasteiger partial charge >= 0.3 is 0 Å². The van der Waals surface area contributed by atoms with Crippen LogP contribution in [0.3, 0.4) is 0 Å². The van der Waals surface area contributed by atoms with Crippen LogP contribution in [0.2, 0.25) is 0 Å². The lowest BCUT2D eigenvalue weighted by molar-refractivity contribution is 1.56. The predicted molar refractivity (Wildman–Crippen MR) is 103 cm³/mol. The first-order valence-electron chi connectivity index (χ1n) is 8.39. The zero-order chi connectivity index (χ0) is 15.7. The summed E-state index contributed by atoms with van der Waals surface area (Å²) in [5.74, 6) is 0. The fraction of sp³-hybridized carbons (Fsp3) is 0. The number of rotatable bonds is 0. The molecule has 1 aliphatic rings. The Morgan fingerprint density at radius 2 is 0.833 bits per heavy atom. The lowest BCUT2D eigenvalue weighted by Gasteiger charge is -2.27. The summed E-state index contributed by atoms with van der Waals surface area (Å²) in [5, 5.41) is 8.15. The summed E-state index contributed by atoms with van der Waals surface area (Å²) in [6.07, 6.45) is 0. The molecule has 0 atom stereocenters. The van der Waals surface area contributed by atoms with E-state index in [4.69, 9.17) is 0 Å². The Morgan fingerprint density at radius 3 is 1.54 bits per heavy atom. The number of hydrogen-bond donors (Lipinski definition) is 0. The van der Waals surface area contributed by atoms with Crippen molar-refractivity contribution < 1.29 is 0 Å². The van der Waals surface area contributed by atoms with Gasteiger partial charge in [0.05, 0.1) is 0 Å². The smallest absolute Gasteiger partial charge is 0.00139 e. The second-order valence-electron chi connectivity index (χ2n) is 6.55. The van der Waals surface area contributed by atoms with E-state index in [2.05, 4.69) is 84.9 Å². The molecule has 5 aromatic carbocycles. The molecule has 0 aliphatic heterocycles. The molecule has 0 saturated heterocycles. The highest BCUT2D eigenvalue weighted by Gasteiger charge is 2.25. The van der Waals surface area contributed by atoms with Gasteiger partial charge in [-0.05, 0) is 54.6 Å². The van der Waals surface area contributed by atoms with Crippen LogP contribution in [0, 0.1) is 0 Å². The molecule has 5 aromatic rings. The van der Waals surface area contributed by atoms with Gasteiger partial charge in [-0.2, -0.15) is 0 Å². The minimum Gasteiger partial charge on any atom is -0.0616 e. The molecular formula is C24H14. The third-order valence-electron chi connectivity index (χ3n) is 5.40. The standard InChI is InChI=1S/C24H14/c1-2-9-17-15(7-1)16-8-3-5-11-19(16)23-21(17)13-14-22-18-10-4-6-12-20(18)24(22)23/h1-14H. The quantitative estimate of drug-likeness (QED) is 0.271. The summed E-state index contributed by atoms with van der Waals surface area (Å²) in [4.78, 5) is 0. The molecule has 0 N–H and O–H groups in total. The fourth-order valence-corrected chi connectivity index (χ4v) is 4.37. The van der Waals surface area contributed by atoms with Crippen LogP contribution in [0.5, 0.6) is 0 Å². The lowest BCUT2D eigenvalue weighted by atomic mass is 9.76. The minimum atomic E-state index is 1.34. The van der Waals surface area contributed by atoms with E-state index in [1.54, 1.807) is 0 Å². The molecule has 0 heterocycles. The molecule has 110 valence electrons. The Labute approximate surface area is 140 Å². The summed E-state index contributed by atoms with van der Waals surface area (Å²) in [6, 6.07) is 30.9. The van der Waals surface area contributed by atoms with E-state index >= 15 is 0 Å². The van der Waals surface area contributed by atoms with Gasteiger partial charge in [0.15, 0.2) is 0 Å². The second-order valence-corrected chi connectivity index (χ2v) is 6.55. The normalized spacial score (nSPS) is 12.2. The molecule has 0 amide bonds. The molecule has 0 nitrogen and oxygen atoms in total. The van der Waals surface area contributed by atoms with Crippen molar-refractivity contribution in [3.63, 3.8) is 0 Å². The maximum absolute atomic E-state index is 2.30. The molecule has 24 heavy (non-hydrogen) atoms. The highest BCUT2D eigenvalue weighted by Crippen LogP contribution is 2.53. The monoisotopic (exact) mass is 302 g/mol. The molecule has 0 radical (unpaired) electrons. The van der Waals surface area contributed by atoms with Crippen molar-refractivity contribution >= 4 is 32.3 Å². The molecule has 0 aromatic heterocycles. The van der Waals surface area contributed by atoms with Crippen molar-refractivity contribution in [2.24, 2.45) is 0 Å².